The van der Waals surface area contributed by atoms with E-state index in [9.17, 15) is 4.79 Å². The van der Waals surface area contributed by atoms with E-state index >= 15 is 0 Å². The van der Waals surface area contributed by atoms with Crippen molar-refractivity contribution < 1.29 is 4.79 Å². The van der Waals surface area contributed by atoms with Gasteiger partial charge in [0.2, 0.25) is 5.91 Å². The van der Waals surface area contributed by atoms with Gasteiger partial charge in [0, 0.05) is 12.5 Å². The van der Waals surface area contributed by atoms with Crippen LogP contribution in [0.3, 0.4) is 0 Å². The average Bonchev–Trinajstić information content (AvgIpc) is 2.82. The van der Waals surface area contributed by atoms with Gasteiger partial charge in [0.05, 0.1) is 6.04 Å². The second-order valence-electron chi connectivity index (χ2n) is 5.20. The minimum Gasteiger partial charge on any atom is -0.350 e. The average molecular weight is 246 g/mol. The molecule has 0 bridgehead atoms. The Morgan fingerprint density at radius 2 is 2.17 bits per heavy atom. The third-order valence-corrected chi connectivity index (χ3v) is 3.55. The van der Waals surface area contributed by atoms with Gasteiger partial charge >= 0.3 is 0 Å². The van der Waals surface area contributed by atoms with Crippen molar-refractivity contribution in [1.82, 2.24) is 10.6 Å². The number of carbonyl (C=O) groups is 1. The molecule has 1 heterocycles. The molecule has 1 aliphatic heterocycles. The summed E-state index contributed by atoms with van der Waals surface area (Å²) >= 11 is 0. The number of rotatable bonds is 4. The SMILES string of the molecule is Cc1ccc([C@H](C)NC(=O)CC2CCCN2)cc1. The number of amides is 1. The number of hydrogen-bond acceptors (Lipinski definition) is 2. The highest BCUT2D eigenvalue weighted by atomic mass is 16.1. The molecule has 1 aromatic carbocycles. The zero-order chi connectivity index (χ0) is 13.0. The summed E-state index contributed by atoms with van der Waals surface area (Å²) in [5.41, 5.74) is 2.40. The molecule has 2 atom stereocenters. The molecule has 2 rings (SSSR count). The van der Waals surface area contributed by atoms with E-state index in [1.165, 1.54) is 12.0 Å². The normalized spacial score (nSPS) is 20.7. The molecule has 1 unspecified atom stereocenters. The van der Waals surface area contributed by atoms with E-state index in [-0.39, 0.29) is 11.9 Å². The predicted molar refractivity (Wildman–Crippen MR) is 73.4 cm³/mol. The molecule has 98 valence electrons. The third kappa shape index (κ3) is 3.57. The van der Waals surface area contributed by atoms with Crippen molar-refractivity contribution in [2.24, 2.45) is 0 Å². The van der Waals surface area contributed by atoms with Crippen LogP contribution < -0.4 is 10.6 Å². The topological polar surface area (TPSA) is 41.1 Å². The molecule has 1 aromatic rings. The molecule has 0 aliphatic carbocycles. The summed E-state index contributed by atoms with van der Waals surface area (Å²) in [6, 6.07) is 8.77. The van der Waals surface area contributed by atoms with E-state index < -0.39 is 0 Å². The lowest BCUT2D eigenvalue weighted by Crippen LogP contribution is -2.33. The Morgan fingerprint density at radius 1 is 1.44 bits per heavy atom. The molecule has 2 N–H and O–H groups in total. The van der Waals surface area contributed by atoms with Crippen LogP contribution in [0.4, 0.5) is 0 Å². The van der Waals surface area contributed by atoms with Gasteiger partial charge in [-0.25, -0.2) is 0 Å². The lowest BCUT2D eigenvalue weighted by atomic mass is 10.1. The van der Waals surface area contributed by atoms with E-state index in [0.29, 0.717) is 12.5 Å². The van der Waals surface area contributed by atoms with Crippen LogP contribution in [0, 0.1) is 6.92 Å². The second kappa shape index (κ2) is 6.01. The van der Waals surface area contributed by atoms with Crippen LogP contribution >= 0.6 is 0 Å². The van der Waals surface area contributed by atoms with Crippen molar-refractivity contribution in [3.63, 3.8) is 0 Å². The number of benzene rings is 1. The molecule has 1 saturated heterocycles. The van der Waals surface area contributed by atoms with Crippen LogP contribution in [-0.2, 0) is 4.79 Å². The number of nitrogens with one attached hydrogen (secondary N) is 2. The first kappa shape index (κ1) is 13.1. The Morgan fingerprint density at radius 3 is 2.78 bits per heavy atom. The molecule has 1 fully saturated rings. The zero-order valence-corrected chi connectivity index (χ0v) is 11.2. The van der Waals surface area contributed by atoms with Crippen LogP contribution in [0.1, 0.15) is 43.4 Å². The molecule has 3 nitrogen and oxygen atoms in total. The predicted octanol–water partition coefficient (Wildman–Crippen LogP) is 2.31. The summed E-state index contributed by atoms with van der Waals surface area (Å²) in [5, 5.41) is 6.41. The maximum atomic E-state index is 11.9. The number of aryl methyl sites for hydroxylation is 1. The zero-order valence-electron chi connectivity index (χ0n) is 11.2. The van der Waals surface area contributed by atoms with E-state index in [1.54, 1.807) is 0 Å². The standard InChI is InChI=1S/C15H22N2O/c1-11-5-7-13(8-6-11)12(2)17-15(18)10-14-4-3-9-16-14/h5-8,12,14,16H,3-4,9-10H2,1-2H3,(H,17,18)/t12-,14?/m0/s1. The first-order valence-corrected chi connectivity index (χ1v) is 6.74. The molecule has 1 aliphatic rings. The Hall–Kier alpha value is -1.35. The lowest BCUT2D eigenvalue weighted by Gasteiger charge is -2.16. The van der Waals surface area contributed by atoms with Crippen molar-refractivity contribution in [3.05, 3.63) is 35.4 Å². The molecule has 3 heteroatoms. The van der Waals surface area contributed by atoms with Gasteiger partial charge in [-0.1, -0.05) is 29.8 Å². The molecular weight excluding hydrogens is 224 g/mol. The molecule has 1 amide bonds. The minimum absolute atomic E-state index is 0.0829. The third-order valence-electron chi connectivity index (χ3n) is 3.55. The summed E-state index contributed by atoms with van der Waals surface area (Å²) in [7, 11) is 0. The minimum atomic E-state index is 0.0829. The molecule has 0 spiro atoms. The molecular formula is C15H22N2O. The first-order chi connectivity index (χ1) is 8.65. The molecule has 0 saturated carbocycles. The summed E-state index contributed by atoms with van der Waals surface area (Å²) in [5.74, 6) is 0.141. The van der Waals surface area contributed by atoms with Gasteiger partial charge in [0.15, 0.2) is 0 Å². The fourth-order valence-corrected chi connectivity index (χ4v) is 2.39. The summed E-state index contributed by atoms with van der Waals surface area (Å²) in [6.45, 7) is 5.15. The van der Waals surface area contributed by atoms with Gasteiger partial charge in [0.1, 0.15) is 0 Å². The van der Waals surface area contributed by atoms with Gasteiger partial charge in [-0.05, 0) is 38.8 Å². The smallest absolute Gasteiger partial charge is 0.222 e. The fraction of sp³-hybridized carbons (Fsp3) is 0.533. The van der Waals surface area contributed by atoms with Crippen LogP contribution in [0.15, 0.2) is 24.3 Å². The van der Waals surface area contributed by atoms with Crippen LogP contribution in [0.5, 0.6) is 0 Å². The van der Waals surface area contributed by atoms with Crippen LogP contribution in [0.25, 0.3) is 0 Å². The number of hydrogen-bond donors (Lipinski definition) is 2. The summed E-state index contributed by atoms with van der Waals surface area (Å²) in [4.78, 5) is 11.9. The number of carbonyl (C=O) groups excluding carboxylic acids is 1. The van der Waals surface area contributed by atoms with Crippen molar-refractivity contribution in [3.8, 4) is 0 Å². The van der Waals surface area contributed by atoms with E-state index in [0.717, 1.165) is 18.5 Å². The molecule has 0 radical (unpaired) electrons. The Labute approximate surface area is 109 Å². The lowest BCUT2D eigenvalue weighted by molar-refractivity contribution is -0.122. The Kier molecular flexibility index (Phi) is 4.37. The van der Waals surface area contributed by atoms with Crippen molar-refractivity contribution in [1.29, 1.82) is 0 Å². The van der Waals surface area contributed by atoms with Crippen molar-refractivity contribution in [2.75, 3.05) is 6.54 Å². The van der Waals surface area contributed by atoms with Crippen molar-refractivity contribution >= 4 is 5.91 Å². The molecule has 0 aromatic heterocycles. The van der Waals surface area contributed by atoms with Crippen LogP contribution in [0.2, 0.25) is 0 Å². The summed E-state index contributed by atoms with van der Waals surface area (Å²) in [6.07, 6.45) is 2.90. The quantitative estimate of drug-likeness (QED) is 0.856. The highest BCUT2D eigenvalue weighted by molar-refractivity contribution is 5.77. The fourth-order valence-electron chi connectivity index (χ4n) is 2.39. The van der Waals surface area contributed by atoms with Crippen molar-refractivity contribution in [2.45, 2.75) is 45.2 Å². The largest absolute Gasteiger partial charge is 0.350 e. The van der Waals surface area contributed by atoms with E-state index in [4.69, 9.17) is 0 Å². The Balaban J connectivity index is 1.84. The Bertz CT molecular complexity index is 393. The maximum absolute atomic E-state index is 11.9. The highest BCUT2D eigenvalue weighted by Gasteiger charge is 2.18. The highest BCUT2D eigenvalue weighted by Crippen LogP contribution is 2.14. The van der Waals surface area contributed by atoms with Gasteiger partial charge in [-0.2, -0.15) is 0 Å². The second-order valence-corrected chi connectivity index (χ2v) is 5.20. The van der Waals surface area contributed by atoms with Gasteiger partial charge in [-0.15, -0.1) is 0 Å². The van der Waals surface area contributed by atoms with Gasteiger partial charge in [-0.3, -0.25) is 4.79 Å². The van der Waals surface area contributed by atoms with E-state index in [1.807, 2.05) is 6.92 Å². The first-order valence-electron chi connectivity index (χ1n) is 6.74. The monoisotopic (exact) mass is 246 g/mol. The van der Waals surface area contributed by atoms with E-state index in [2.05, 4.69) is 41.8 Å². The van der Waals surface area contributed by atoms with Gasteiger partial charge < -0.3 is 10.6 Å². The van der Waals surface area contributed by atoms with Gasteiger partial charge in [0.25, 0.3) is 0 Å². The van der Waals surface area contributed by atoms with Crippen LogP contribution in [-0.4, -0.2) is 18.5 Å². The summed E-state index contributed by atoms with van der Waals surface area (Å²) < 4.78 is 0. The maximum Gasteiger partial charge on any atom is 0.222 e. The molecule has 18 heavy (non-hydrogen) atoms.